The van der Waals surface area contributed by atoms with E-state index in [0.717, 1.165) is 49.7 Å². The van der Waals surface area contributed by atoms with Gasteiger partial charge in [-0.25, -0.2) is 4.98 Å². The second kappa shape index (κ2) is 9.87. The number of carbonyl (C=O) groups excluding carboxylic acids is 1. The molecule has 2 fully saturated rings. The number of pyridine rings is 1. The fourth-order valence-corrected chi connectivity index (χ4v) is 5.45. The van der Waals surface area contributed by atoms with Crippen LogP contribution in [0.3, 0.4) is 0 Å². The van der Waals surface area contributed by atoms with Gasteiger partial charge >= 0.3 is 6.18 Å². The van der Waals surface area contributed by atoms with Crippen LogP contribution in [0, 0.1) is 11.3 Å². The number of aromatic nitrogens is 1. The van der Waals surface area contributed by atoms with Crippen LogP contribution in [0.1, 0.15) is 57.2 Å². The van der Waals surface area contributed by atoms with E-state index in [4.69, 9.17) is 10.00 Å². The van der Waals surface area contributed by atoms with Crippen LogP contribution in [-0.2, 0) is 15.7 Å². The fraction of sp³-hybridized carbons (Fsp3) is 0.667. The largest absolute Gasteiger partial charge is 0.419 e. The van der Waals surface area contributed by atoms with Crippen LogP contribution in [0.15, 0.2) is 12.3 Å². The van der Waals surface area contributed by atoms with Crippen molar-refractivity contribution < 1.29 is 22.7 Å². The molecule has 0 spiro atoms. The van der Waals surface area contributed by atoms with Crippen molar-refractivity contribution in [1.82, 2.24) is 9.88 Å². The maximum Gasteiger partial charge on any atom is 0.419 e. The van der Waals surface area contributed by atoms with Crippen molar-refractivity contribution in [3.8, 4) is 6.07 Å². The van der Waals surface area contributed by atoms with Crippen LogP contribution in [0.2, 0.25) is 0 Å². The molecule has 1 aliphatic carbocycles. The SMILES string of the molecule is CC1(C)C(=O)N(c2cnc(C#N)c(C(F)(F)F)c2)C(S)N1C1CCC(OCCCBr)CC1. The van der Waals surface area contributed by atoms with E-state index >= 15 is 0 Å². The van der Waals surface area contributed by atoms with E-state index in [1.54, 1.807) is 13.8 Å². The van der Waals surface area contributed by atoms with Gasteiger partial charge in [-0.1, -0.05) is 15.9 Å². The average Bonchev–Trinajstić information content (AvgIpc) is 2.92. The molecule has 3 rings (SSSR count). The van der Waals surface area contributed by atoms with E-state index < -0.39 is 28.5 Å². The second-order valence-electron chi connectivity index (χ2n) is 8.53. The summed E-state index contributed by atoms with van der Waals surface area (Å²) in [5, 5.41) is 9.89. The molecule has 6 nitrogen and oxygen atoms in total. The number of rotatable bonds is 6. The molecule has 176 valence electrons. The maximum absolute atomic E-state index is 13.4. The number of ether oxygens (including phenoxy) is 1. The number of amides is 1. The highest BCUT2D eigenvalue weighted by Gasteiger charge is 2.54. The van der Waals surface area contributed by atoms with Crippen molar-refractivity contribution in [1.29, 1.82) is 5.26 Å². The topological polar surface area (TPSA) is 69.5 Å². The first-order valence-electron chi connectivity index (χ1n) is 10.5. The Morgan fingerprint density at radius 2 is 2.00 bits per heavy atom. The Hall–Kier alpha value is -1.35. The summed E-state index contributed by atoms with van der Waals surface area (Å²) < 4.78 is 46.2. The van der Waals surface area contributed by atoms with Gasteiger partial charge in [-0.15, -0.1) is 12.6 Å². The normalized spacial score (nSPS) is 26.4. The molecule has 1 amide bonds. The summed E-state index contributed by atoms with van der Waals surface area (Å²) in [4.78, 5) is 20.1. The van der Waals surface area contributed by atoms with Gasteiger partial charge in [0, 0.05) is 18.0 Å². The highest BCUT2D eigenvalue weighted by Crippen LogP contribution is 2.42. The predicted molar refractivity (Wildman–Crippen MR) is 121 cm³/mol. The van der Waals surface area contributed by atoms with Gasteiger partial charge in [0.15, 0.2) is 5.69 Å². The molecule has 1 saturated heterocycles. The molecule has 1 aromatic rings. The van der Waals surface area contributed by atoms with Crippen LogP contribution in [0.5, 0.6) is 0 Å². The summed E-state index contributed by atoms with van der Waals surface area (Å²) >= 11 is 8.03. The Kier molecular flexibility index (Phi) is 7.80. The first kappa shape index (κ1) is 25.3. The van der Waals surface area contributed by atoms with Crippen LogP contribution >= 0.6 is 28.6 Å². The minimum absolute atomic E-state index is 0.0244. The molecule has 0 bridgehead atoms. The summed E-state index contributed by atoms with van der Waals surface area (Å²) in [5.74, 6) is -0.354. The number of halogens is 4. The molecular formula is C21H26BrF3N4O2S. The number of hydrogen-bond donors (Lipinski definition) is 1. The number of alkyl halides is 4. The van der Waals surface area contributed by atoms with E-state index in [0.29, 0.717) is 6.61 Å². The van der Waals surface area contributed by atoms with E-state index in [1.165, 1.54) is 11.0 Å². The molecular weight excluding hydrogens is 509 g/mol. The van der Waals surface area contributed by atoms with Gasteiger partial charge in [0.2, 0.25) is 5.91 Å². The number of nitrogens with zero attached hydrogens (tertiary/aromatic N) is 4. The van der Waals surface area contributed by atoms with E-state index in [-0.39, 0.29) is 23.7 Å². The smallest absolute Gasteiger partial charge is 0.378 e. The lowest BCUT2D eigenvalue weighted by Gasteiger charge is -2.41. The molecule has 0 aromatic carbocycles. The van der Waals surface area contributed by atoms with Gasteiger partial charge in [0.25, 0.3) is 0 Å². The molecule has 0 N–H and O–H groups in total. The molecule has 1 unspecified atom stereocenters. The quantitative estimate of drug-likeness (QED) is 0.324. The Bertz CT molecular complexity index is 885. The Morgan fingerprint density at radius 1 is 1.34 bits per heavy atom. The van der Waals surface area contributed by atoms with Gasteiger partial charge in [-0.2, -0.15) is 18.4 Å². The minimum atomic E-state index is -4.76. The number of anilines is 1. The van der Waals surface area contributed by atoms with Crippen LogP contribution in [0.4, 0.5) is 18.9 Å². The lowest BCUT2D eigenvalue weighted by atomic mass is 9.89. The Labute approximate surface area is 199 Å². The molecule has 0 radical (unpaired) electrons. The predicted octanol–water partition coefficient (Wildman–Crippen LogP) is 4.73. The van der Waals surface area contributed by atoms with Crippen molar-refractivity contribution in [3.63, 3.8) is 0 Å². The zero-order chi connectivity index (χ0) is 23.7. The summed E-state index contributed by atoms with van der Waals surface area (Å²) in [5.41, 5.74) is -3.61. The van der Waals surface area contributed by atoms with Crippen molar-refractivity contribution in [2.24, 2.45) is 0 Å². The monoisotopic (exact) mass is 534 g/mol. The Morgan fingerprint density at radius 3 is 2.56 bits per heavy atom. The number of hydrogen-bond acceptors (Lipinski definition) is 6. The number of thiol groups is 1. The summed E-state index contributed by atoms with van der Waals surface area (Å²) in [6.07, 6.45) is 0.808. The van der Waals surface area contributed by atoms with E-state index in [1.807, 2.05) is 4.90 Å². The molecule has 1 aliphatic heterocycles. The first-order chi connectivity index (χ1) is 15.0. The summed E-state index contributed by atoms with van der Waals surface area (Å²) in [7, 11) is 0. The van der Waals surface area contributed by atoms with E-state index in [9.17, 15) is 18.0 Å². The van der Waals surface area contributed by atoms with Crippen molar-refractivity contribution in [2.45, 2.75) is 75.3 Å². The van der Waals surface area contributed by atoms with Gasteiger partial charge in [-0.3, -0.25) is 14.6 Å². The zero-order valence-electron chi connectivity index (χ0n) is 17.9. The maximum atomic E-state index is 13.4. The van der Waals surface area contributed by atoms with E-state index in [2.05, 4.69) is 33.5 Å². The summed E-state index contributed by atoms with van der Waals surface area (Å²) in [6, 6.07) is 2.32. The third-order valence-electron chi connectivity index (χ3n) is 6.10. The first-order valence-corrected chi connectivity index (χ1v) is 12.1. The average molecular weight is 535 g/mol. The second-order valence-corrected chi connectivity index (χ2v) is 9.79. The third kappa shape index (κ3) is 4.93. The van der Waals surface area contributed by atoms with Crippen molar-refractivity contribution >= 4 is 40.2 Å². The number of nitriles is 1. The van der Waals surface area contributed by atoms with Crippen molar-refractivity contribution in [2.75, 3.05) is 16.8 Å². The zero-order valence-corrected chi connectivity index (χ0v) is 20.4. The summed E-state index contributed by atoms with van der Waals surface area (Å²) in [6.45, 7) is 4.22. The van der Waals surface area contributed by atoms with Crippen LogP contribution < -0.4 is 4.90 Å². The van der Waals surface area contributed by atoms with Gasteiger partial charge in [0.1, 0.15) is 11.6 Å². The molecule has 32 heavy (non-hydrogen) atoms. The number of carbonyl (C=O) groups is 1. The Balaban J connectivity index is 1.82. The highest BCUT2D eigenvalue weighted by molar-refractivity contribution is 9.09. The molecule has 1 atom stereocenters. The minimum Gasteiger partial charge on any atom is -0.378 e. The van der Waals surface area contributed by atoms with Crippen LogP contribution in [-0.4, -0.2) is 50.9 Å². The molecule has 2 aliphatic rings. The third-order valence-corrected chi connectivity index (χ3v) is 7.14. The molecule has 1 saturated carbocycles. The highest BCUT2D eigenvalue weighted by atomic mass is 79.9. The lowest BCUT2D eigenvalue weighted by Crippen LogP contribution is -2.52. The van der Waals surface area contributed by atoms with Gasteiger partial charge < -0.3 is 4.74 Å². The van der Waals surface area contributed by atoms with Crippen LogP contribution in [0.25, 0.3) is 0 Å². The molecule has 1 aromatic heterocycles. The van der Waals surface area contributed by atoms with Gasteiger partial charge in [0.05, 0.1) is 29.1 Å². The fourth-order valence-electron chi connectivity index (χ4n) is 4.50. The lowest BCUT2D eigenvalue weighted by molar-refractivity contribution is -0.138. The standard InChI is InChI=1S/C21H26BrF3N4O2S/c1-20(2)18(30)28(14-10-16(21(23,24)25)17(11-26)27-12-14)19(32)29(20)13-4-6-15(7-5-13)31-9-3-8-22/h10,12-13,15,19,32H,3-9H2,1-2H3. The van der Waals surface area contributed by atoms with Crippen molar-refractivity contribution in [3.05, 3.63) is 23.5 Å². The molecule has 11 heteroatoms. The molecule has 2 heterocycles. The van der Waals surface area contributed by atoms with Gasteiger partial charge in [-0.05, 0) is 52.0 Å².